The topological polar surface area (TPSA) is 41.1 Å². The Labute approximate surface area is 125 Å². The minimum atomic E-state index is -0.273. The van der Waals surface area contributed by atoms with Crippen LogP contribution in [0.3, 0.4) is 0 Å². The van der Waals surface area contributed by atoms with Crippen molar-refractivity contribution in [3.05, 3.63) is 58.3 Å². The highest BCUT2D eigenvalue weighted by atomic mass is 79.9. The van der Waals surface area contributed by atoms with Crippen molar-refractivity contribution in [1.29, 1.82) is 0 Å². The van der Waals surface area contributed by atoms with Crippen LogP contribution in [0.1, 0.15) is 12.5 Å². The maximum absolute atomic E-state index is 13.4. The Bertz CT molecular complexity index is 614. The second-order valence-electron chi connectivity index (χ2n) is 4.36. The molecule has 0 aliphatic heterocycles. The van der Waals surface area contributed by atoms with Gasteiger partial charge in [0, 0.05) is 24.8 Å². The number of carbonyl (C=O) groups excluding carboxylic acids is 1. The van der Waals surface area contributed by atoms with Crippen molar-refractivity contribution in [2.75, 3.05) is 10.6 Å². The Kier molecular flexibility index (Phi) is 4.74. The Hall–Kier alpha value is -1.88. The average molecular weight is 337 g/mol. The van der Waals surface area contributed by atoms with Crippen LogP contribution in [0.2, 0.25) is 0 Å². The number of carbonyl (C=O) groups is 1. The zero-order valence-corrected chi connectivity index (χ0v) is 12.5. The van der Waals surface area contributed by atoms with Gasteiger partial charge in [0.05, 0.1) is 4.47 Å². The highest BCUT2D eigenvalue weighted by molar-refractivity contribution is 9.10. The van der Waals surface area contributed by atoms with E-state index in [2.05, 4.69) is 26.6 Å². The first-order chi connectivity index (χ1) is 9.54. The zero-order chi connectivity index (χ0) is 14.5. The smallest absolute Gasteiger partial charge is 0.221 e. The van der Waals surface area contributed by atoms with Gasteiger partial charge in [-0.05, 0) is 57.9 Å². The molecule has 0 unspecified atom stereocenters. The summed E-state index contributed by atoms with van der Waals surface area (Å²) in [6, 6.07) is 12.4. The molecule has 0 aliphatic rings. The first-order valence-electron chi connectivity index (χ1n) is 6.10. The summed E-state index contributed by atoms with van der Waals surface area (Å²) < 4.78 is 13.8. The number of hydrogen-bond donors (Lipinski definition) is 2. The maximum Gasteiger partial charge on any atom is 0.221 e. The normalized spacial score (nSPS) is 10.2. The van der Waals surface area contributed by atoms with Crippen molar-refractivity contribution < 1.29 is 9.18 Å². The summed E-state index contributed by atoms with van der Waals surface area (Å²) in [5.41, 5.74) is 2.51. The van der Waals surface area contributed by atoms with E-state index in [1.165, 1.54) is 13.0 Å². The van der Waals surface area contributed by atoms with Crippen molar-refractivity contribution in [2.24, 2.45) is 0 Å². The van der Waals surface area contributed by atoms with Crippen LogP contribution in [0.5, 0.6) is 0 Å². The van der Waals surface area contributed by atoms with Gasteiger partial charge in [0.25, 0.3) is 0 Å². The Morgan fingerprint density at radius 3 is 2.40 bits per heavy atom. The number of hydrogen-bond acceptors (Lipinski definition) is 2. The molecule has 2 N–H and O–H groups in total. The summed E-state index contributed by atoms with van der Waals surface area (Å²) >= 11 is 3.12. The predicted molar refractivity (Wildman–Crippen MR) is 82.2 cm³/mol. The Balaban J connectivity index is 1.96. The molecule has 0 atom stereocenters. The molecule has 2 aromatic carbocycles. The van der Waals surface area contributed by atoms with Gasteiger partial charge in [-0.2, -0.15) is 0 Å². The second kappa shape index (κ2) is 6.52. The van der Waals surface area contributed by atoms with Gasteiger partial charge in [-0.3, -0.25) is 4.79 Å². The van der Waals surface area contributed by atoms with Crippen LogP contribution in [0.4, 0.5) is 15.8 Å². The van der Waals surface area contributed by atoms with Crippen LogP contribution in [-0.2, 0) is 11.3 Å². The van der Waals surface area contributed by atoms with Crippen molar-refractivity contribution >= 4 is 33.2 Å². The van der Waals surface area contributed by atoms with Gasteiger partial charge in [-0.25, -0.2) is 4.39 Å². The lowest BCUT2D eigenvalue weighted by molar-refractivity contribution is -0.114. The van der Waals surface area contributed by atoms with E-state index in [-0.39, 0.29) is 11.7 Å². The molecule has 2 rings (SSSR count). The quantitative estimate of drug-likeness (QED) is 0.880. The fourth-order valence-corrected chi connectivity index (χ4v) is 1.98. The highest BCUT2D eigenvalue weighted by Crippen LogP contribution is 2.18. The van der Waals surface area contributed by atoms with Crippen LogP contribution in [-0.4, -0.2) is 5.91 Å². The molecule has 2 aromatic rings. The minimum absolute atomic E-state index is 0.101. The van der Waals surface area contributed by atoms with Crippen molar-refractivity contribution in [1.82, 2.24) is 0 Å². The maximum atomic E-state index is 13.4. The third-order valence-corrected chi connectivity index (χ3v) is 3.33. The van der Waals surface area contributed by atoms with Crippen LogP contribution >= 0.6 is 15.9 Å². The van der Waals surface area contributed by atoms with E-state index in [0.29, 0.717) is 11.0 Å². The molecular weight excluding hydrogens is 323 g/mol. The van der Waals surface area contributed by atoms with Crippen LogP contribution < -0.4 is 10.6 Å². The molecule has 0 aliphatic carbocycles. The second-order valence-corrected chi connectivity index (χ2v) is 5.21. The fraction of sp³-hybridized carbons (Fsp3) is 0.133. The summed E-state index contributed by atoms with van der Waals surface area (Å²) in [7, 11) is 0. The van der Waals surface area contributed by atoms with Crippen LogP contribution in [0.25, 0.3) is 0 Å². The third kappa shape index (κ3) is 4.06. The predicted octanol–water partition coefficient (Wildman–Crippen LogP) is 4.16. The average Bonchev–Trinajstić information content (AvgIpc) is 2.41. The molecule has 0 spiro atoms. The van der Waals surface area contributed by atoms with Crippen LogP contribution in [0.15, 0.2) is 46.9 Å². The monoisotopic (exact) mass is 336 g/mol. The number of rotatable bonds is 4. The minimum Gasteiger partial charge on any atom is -0.381 e. The summed E-state index contributed by atoms with van der Waals surface area (Å²) in [6.45, 7) is 2.00. The lowest BCUT2D eigenvalue weighted by Crippen LogP contribution is -2.05. The molecule has 0 aromatic heterocycles. The molecule has 0 radical (unpaired) electrons. The van der Waals surface area contributed by atoms with E-state index in [4.69, 9.17) is 0 Å². The van der Waals surface area contributed by atoms with Gasteiger partial charge in [0.15, 0.2) is 0 Å². The Morgan fingerprint density at radius 1 is 1.15 bits per heavy atom. The van der Waals surface area contributed by atoms with Gasteiger partial charge in [0.2, 0.25) is 5.91 Å². The first kappa shape index (κ1) is 14.5. The fourth-order valence-electron chi connectivity index (χ4n) is 1.73. The SMILES string of the molecule is CC(=O)Nc1ccc(NCc2ccc(Br)c(F)c2)cc1. The van der Waals surface area contributed by atoms with E-state index in [1.807, 2.05) is 30.3 Å². The van der Waals surface area contributed by atoms with Crippen molar-refractivity contribution in [3.63, 3.8) is 0 Å². The zero-order valence-electron chi connectivity index (χ0n) is 10.9. The van der Waals surface area contributed by atoms with Gasteiger partial charge in [0.1, 0.15) is 5.82 Å². The molecule has 0 heterocycles. The molecule has 0 fully saturated rings. The molecule has 0 bridgehead atoms. The number of nitrogens with one attached hydrogen (secondary N) is 2. The molecule has 20 heavy (non-hydrogen) atoms. The van der Waals surface area contributed by atoms with E-state index >= 15 is 0 Å². The summed E-state index contributed by atoms with van der Waals surface area (Å²) in [4.78, 5) is 10.9. The number of amides is 1. The lowest BCUT2D eigenvalue weighted by atomic mass is 10.2. The summed E-state index contributed by atoms with van der Waals surface area (Å²) in [5, 5.41) is 5.89. The molecule has 0 saturated carbocycles. The van der Waals surface area contributed by atoms with Crippen molar-refractivity contribution in [3.8, 4) is 0 Å². The lowest BCUT2D eigenvalue weighted by Gasteiger charge is -2.08. The van der Waals surface area contributed by atoms with Gasteiger partial charge in [-0.15, -0.1) is 0 Å². The molecule has 1 amide bonds. The first-order valence-corrected chi connectivity index (χ1v) is 6.89. The number of halogens is 2. The number of anilines is 2. The molecular formula is C15H14BrFN2O. The van der Waals surface area contributed by atoms with E-state index in [9.17, 15) is 9.18 Å². The van der Waals surface area contributed by atoms with E-state index in [1.54, 1.807) is 6.07 Å². The summed E-state index contributed by atoms with van der Waals surface area (Å²) in [6.07, 6.45) is 0. The van der Waals surface area contributed by atoms with Crippen molar-refractivity contribution in [2.45, 2.75) is 13.5 Å². The Morgan fingerprint density at radius 2 is 1.80 bits per heavy atom. The molecule has 5 heteroatoms. The number of benzene rings is 2. The van der Waals surface area contributed by atoms with Gasteiger partial charge < -0.3 is 10.6 Å². The molecule has 0 saturated heterocycles. The highest BCUT2D eigenvalue weighted by Gasteiger charge is 2.01. The molecule has 3 nitrogen and oxygen atoms in total. The standard InChI is InChI=1S/C15H14BrFN2O/c1-10(20)19-13-5-3-12(4-6-13)18-9-11-2-7-14(16)15(17)8-11/h2-8,18H,9H2,1H3,(H,19,20). The third-order valence-electron chi connectivity index (χ3n) is 2.69. The van der Waals surface area contributed by atoms with E-state index in [0.717, 1.165) is 16.9 Å². The summed E-state index contributed by atoms with van der Waals surface area (Å²) in [5.74, 6) is -0.374. The van der Waals surface area contributed by atoms with Gasteiger partial charge >= 0.3 is 0 Å². The largest absolute Gasteiger partial charge is 0.381 e. The van der Waals surface area contributed by atoms with Crippen LogP contribution in [0, 0.1) is 5.82 Å². The molecule has 104 valence electrons. The van der Waals surface area contributed by atoms with E-state index < -0.39 is 0 Å². The van der Waals surface area contributed by atoms with Gasteiger partial charge in [-0.1, -0.05) is 6.07 Å².